The third kappa shape index (κ3) is 2.21. The van der Waals surface area contributed by atoms with Gasteiger partial charge in [-0.3, -0.25) is 0 Å². The average Bonchev–Trinajstić information content (AvgIpc) is 2.06. The van der Waals surface area contributed by atoms with Crippen LogP contribution in [0.1, 0.15) is 0 Å². The quantitative estimate of drug-likeness (QED) is 0.449. The van der Waals surface area contributed by atoms with E-state index in [0.717, 1.165) is 0 Å². The molecule has 4 nitrogen and oxygen atoms in total. The third-order valence-corrected chi connectivity index (χ3v) is 2.50. The SMILES string of the molecule is O=S(=O)([N+]OS)c1ccccc1. The zero-order chi connectivity index (χ0) is 9.03. The number of hydrogen-bond donors (Lipinski definition) is 1. The average molecular weight is 204 g/mol. The first-order valence-corrected chi connectivity index (χ1v) is 4.80. The summed E-state index contributed by atoms with van der Waals surface area (Å²) in [5.74, 6) is 0. The Kier molecular flexibility index (Phi) is 3.10. The van der Waals surface area contributed by atoms with Crippen LogP contribution < -0.4 is 4.89 Å². The Balaban J connectivity index is 2.99. The Bertz CT molecular complexity index is 335. The maximum absolute atomic E-state index is 11.1. The molecule has 0 aromatic heterocycles. The summed E-state index contributed by atoms with van der Waals surface area (Å²) in [6, 6.07) is 7.75. The van der Waals surface area contributed by atoms with Crippen molar-refractivity contribution in [3.8, 4) is 0 Å². The number of rotatable bonds is 3. The van der Waals surface area contributed by atoms with Crippen LogP contribution >= 0.6 is 12.9 Å². The number of thiol groups is 1. The van der Waals surface area contributed by atoms with E-state index in [2.05, 4.69) is 22.1 Å². The van der Waals surface area contributed by atoms with Crippen molar-refractivity contribution in [2.45, 2.75) is 4.90 Å². The zero-order valence-electron chi connectivity index (χ0n) is 5.91. The van der Waals surface area contributed by atoms with Crippen LogP contribution in [0.15, 0.2) is 35.2 Å². The highest BCUT2D eigenvalue weighted by Gasteiger charge is 2.31. The van der Waals surface area contributed by atoms with Crippen molar-refractivity contribution in [1.29, 1.82) is 0 Å². The summed E-state index contributed by atoms with van der Waals surface area (Å²) in [5.41, 5.74) is 0. The van der Waals surface area contributed by atoms with E-state index in [1.807, 2.05) is 0 Å². The van der Waals surface area contributed by atoms with E-state index in [4.69, 9.17) is 0 Å². The Labute approximate surface area is 76.2 Å². The van der Waals surface area contributed by atoms with E-state index in [0.29, 0.717) is 0 Å². The molecule has 6 heteroatoms. The molecule has 0 bridgehead atoms. The van der Waals surface area contributed by atoms with Crippen LogP contribution in [-0.4, -0.2) is 8.42 Å². The van der Waals surface area contributed by atoms with Gasteiger partial charge in [0, 0.05) is 4.28 Å². The van der Waals surface area contributed by atoms with E-state index in [1.165, 1.54) is 12.1 Å². The smallest absolute Gasteiger partial charge is 0.154 e. The molecule has 1 rings (SSSR count). The molecule has 64 valence electrons. The molecule has 0 atom stereocenters. The van der Waals surface area contributed by atoms with Crippen molar-refractivity contribution in [1.82, 2.24) is 4.89 Å². The van der Waals surface area contributed by atoms with Gasteiger partial charge in [0.2, 0.25) is 0 Å². The number of nitrogens with zero attached hydrogens (tertiary/aromatic N) is 1. The lowest BCUT2D eigenvalue weighted by atomic mass is 10.4. The minimum absolute atomic E-state index is 0.0825. The summed E-state index contributed by atoms with van der Waals surface area (Å²) < 4.78 is 26.1. The summed E-state index contributed by atoms with van der Waals surface area (Å²) >= 11 is 3.22. The van der Waals surface area contributed by atoms with Crippen molar-refractivity contribution in [3.63, 3.8) is 0 Å². The second kappa shape index (κ2) is 3.90. The minimum Gasteiger partial charge on any atom is -0.154 e. The maximum atomic E-state index is 11.1. The van der Waals surface area contributed by atoms with Gasteiger partial charge in [0.25, 0.3) is 0 Å². The van der Waals surface area contributed by atoms with Crippen LogP contribution in [0.25, 0.3) is 0 Å². The fraction of sp³-hybridized carbons (Fsp3) is 0. The molecule has 0 heterocycles. The van der Waals surface area contributed by atoms with Crippen LogP contribution in [0.5, 0.6) is 0 Å². The predicted molar refractivity (Wildman–Crippen MR) is 45.8 cm³/mol. The molecular formula is C6H6NO3S2+. The zero-order valence-corrected chi connectivity index (χ0v) is 7.63. The molecule has 1 aromatic rings. The lowest BCUT2D eigenvalue weighted by molar-refractivity contribution is 0.317. The van der Waals surface area contributed by atoms with Crippen molar-refractivity contribution in [2.24, 2.45) is 0 Å². The van der Waals surface area contributed by atoms with Gasteiger partial charge in [-0.05, 0) is 12.1 Å². The summed E-state index contributed by atoms with van der Waals surface area (Å²) in [4.78, 5) is 2.95. The van der Waals surface area contributed by atoms with Crippen LogP contribution in [0.2, 0.25) is 0 Å². The van der Waals surface area contributed by atoms with Gasteiger partial charge in [0.05, 0.1) is 12.9 Å². The highest BCUT2D eigenvalue weighted by atomic mass is 32.2. The summed E-state index contributed by atoms with van der Waals surface area (Å²) in [6.07, 6.45) is 0. The third-order valence-electron chi connectivity index (χ3n) is 1.17. The monoisotopic (exact) mass is 204 g/mol. The van der Waals surface area contributed by atoms with E-state index >= 15 is 0 Å². The highest BCUT2D eigenvalue weighted by Crippen LogP contribution is 2.07. The van der Waals surface area contributed by atoms with Crippen molar-refractivity contribution in [3.05, 3.63) is 30.3 Å². The Morgan fingerprint density at radius 3 is 2.33 bits per heavy atom. The van der Waals surface area contributed by atoms with Gasteiger partial charge in [-0.15, -0.1) is 0 Å². The van der Waals surface area contributed by atoms with Crippen LogP contribution in [0, 0.1) is 0 Å². The van der Waals surface area contributed by atoms with Gasteiger partial charge in [-0.25, -0.2) is 0 Å². The fourth-order valence-corrected chi connectivity index (χ4v) is 1.62. The van der Waals surface area contributed by atoms with Gasteiger partial charge in [-0.1, -0.05) is 18.2 Å². The molecule has 0 unspecified atom stereocenters. The maximum Gasteiger partial charge on any atom is 0.474 e. The molecule has 0 saturated carbocycles. The molecule has 2 radical (unpaired) electrons. The highest BCUT2D eigenvalue weighted by molar-refractivity contribution is 7.89. The number of benzene rings is 1. The lowest BCUT2D eigenvalue weighted by Gasteiger charge is -1.87. The molecule has 0 saturated heterocycles. The van der Waals surface area contributed by atoms with Crippen molar-refractivity contribution >= 4 is 22.9 Å². The second-order valence-electron chi connectivity index (χ2n) is 1.94. The van der Waals surface area contributed by atoms with Gasteiger partial charge < -0.3 is 0 Å². The minimum atomic E-state index is -3.68. The van der Waals surface area contributed by atoms with Gasteiger partial charge in [0.1, 0.15) is 4.90 Å². The van der Waals surface area contributed by atoms with Crippen molar-refractivity contribution in [2.75, 3.05) is 0 Å². The largest absolute Gasteiger partial charge is 0.474 e. The van der Waals surface area contributed by atoms with E-state index in [1.54, 1.807) is 18.2 Å². The van der Waals surface area contributed by atoms with E-state index in [-0.39, 0.29) is 4.90 Å². The second-order valence-corrected chi connectivity index (χ2v) is 3.68. The number of sulfonamides is 1. The molecule has 0 fully saturated rings. The Morgan fingerprint density at radius 2 is 1.83 bits per heavy atom. The first kappa shape index (κ1) is 9.53. The van der Waals surface area contributed by atoms with E-state index in [9.17, 15) is 8.42 Å². The van der Waals surface area contributed by atoms with Gasteiger partial charge in [0.15, 0.2) is 0 Å². The molecule has 1 aromatic carbocycles. The molecule has 0 aliphatic rings. The molecule has 0 aliphatic heterocycles. The first-order valence-electron chi connectivity index (χ1n) is 3.00. The topological polar surface area (TPSA) is 57.5 Å². The standard InChI is InChI=1S/C6H6NO3S2/c8-12(9,7-10-11)6-4-2-1-3-5-6/h1-5,11H/q+1. The van der Waals surface area contributed by atoms with Crippen molar-refractivity contribution < 1.29 is 12.7 Å². The summed E-state index contributed by atoms with van der Waals surface area (Å²) in [6.45, 7) is 0. The summed E-state index contributed by atoms with van der Waals surface area (Å²) in [5, 5.41) is 0. The molecule has 0 aliphatic carbocycles. The summed E-state index contributed by atoms with van der Waals surface area (Å²) in [7, 11) is -3.68. The molecule has 12 heavy (non-hydrogen) atoms. The molecule has 0 spiro atoms. The molecular weight excluding hydrogens is 198 g/mol. The van der Waals surface area contributed by atoms with Gasteiger partial charge in [-0.2, -0.15) is 8.42 Å². The number of hydrogen-bond acceptors (Lipinski definition) is 4. The van der Waals surface area contributed by atoms with E-state index < -0.39 is 10.0 Å². The predicted octanol–water partition coefficient (Wildman–Crippen LogP) is 0.756. The lowest BCUT2D eigenvalue weighted by Crippen LogP contribution is -2.13. The van der Waals surface area contributed by atoms with Crippen LogP contribution in [0.4, 0.5) is 0 Å². The normalized spacial score (nSPS) is 11.4. The van der Waals surface area contributed by atoms with Crippen LogP contribution in [-0.2, 0) is 14.3 Å². The first-order chi connectivity index (χ1) is 5.67. The molecule has 0 amide bonds. The van der Waals surface area contributed by atoms with Gasteiger partial charge >= 0.3 is 14.9 Å². The Morgan fingerprint density at radius 1 is 1.25 bits per heavy atom. The fourth-order valence-electron chi connectivity index (χ4n) is 0.679. The van der Waals surface area contributed by atoms with Crippen LogP contribution in [0.3, 0.4) is 0 Å². The Hall–Kier alpha value is -0.560. The molecule has 0 N–H and O–H groups in total.